The van der Waals surface area contributed by atoms with Gasteiger partial charge in [0, 0.05) is 11.1 Å². The van der Waals surface area contributed by atoms with E-state index >= 15 is 0 Å². The molecule has 1 aromatic carbocycles. The molecule has 2 heterocycles. The Bertz CT molecular complexity index is 856. The lowest BCUT2D eigenvalue weighted by Gasteiger charge is -2.10. The number of aromatic nitrogens is 1. The maximum atomic E-state index is 12.4. The first kappa shape index (κ1) is 15.9. The highest BCUT2D eigenvalue weighted by Crippen LogP contribution is 2.17. The van der Waals surface area contributed by atoms with Crippen LogP contribution in [0.1, 0.15) is 31.6 Å². The van der Waals surface area contributed by atoms with Crippen molar-refractivity contribution in [1.29, 1.82) is 0 Å². The van der Waals surface area contributed by atoms with E-state index in [2.05, 4.69) is 15.6 Å². The third kappa shape index (κ3) is 3.69. The van der Waals surface area contributed by atoms with E-state index in [1.807, 2.05) is 12.3 Å². The third-order valence-corrected chi connectivity index (χ3v) is 4.20. The van der Waals surface area contributed by atoms with Crippen molar-refractivity contribution in [3.63, 3.8) is 0 Å². The minimum atomic E-state index is -0.407. The topological polar surface area (TPSA) is 84.2 Å². The Morgan fingerprint density at radius 1 is 1.17 bits per heavy atom. The third-order valence-electron chi connectivity index (χ3n) is 3.23. The van der Waals surface area contributed by atoms with Gasteiger partial charge < -0.3 is 15.1 Å². The summed E-state index contributed by atoms with van der Waals surface area (Å²) in [6.45, 7) is 2.25. The van der Waals surface area contributed by atoms with Crippen LogP contribution in [0.25, 0.3) is 0 Å². The molecule has 0 saturated carbocycles. The Kier molecular flexibility index (Phi) is 4.72. The van der Waals surface area contributed by atoms with Crippen LogP contribution >= 0.6 is 11.3 Å². The molecule has 0 atom stereocenters. The Morgan fingerprint density at radius 2 is 2.00 bits per heavy atom. The molecular formula is C17H15N3O3S. The molecule has 2 N–H and O–H groups in total. The van der Waals surface area contributed by atoms with E-state index < -0.39 is 5.91 Å². The molecule has 2 aromatic heterocycles. The van der Waals surface area contributed by atoms with Crippen LogP contribution in [0.15, 0.2) is 52.5 Å². The van der Waals surface area contributed by atoms with E-state index in [0.29, 0.717) is 17.8 Å². The van der Waals surface area contributed by atoms with E-state index in [0.717, 1.165) is 10.7 Å². The number of hydrogen-bond donors (Lipinski definition) is 2. The summed E-state index contributed by atoms with van der Waals surface area (Å²) < 4.78 is 5.06. The number of amides is 2. The van der Waals surface area contributed by atoms with Crippen molar-refractivity contribution < 1.29 is 14.0 Å². The average molecular weight is 341 g/mol. The van der Waals surface area contributed by atoms with Gasteiger partial charge in [0.25, 0.3) is 11.8 Å². The summed E-state index contributed by atoms with van der Waals surface area (Å²) in [6.07, 6.45) is 1.42. The zero-order valence-electron chi connectivity index (χ0n) is 12.9. The maximum absolute atomic E-state index is 12.4. The molecular weight excluding hydrogens is 326 g/mol. The molecule has 0 bridgehead atoms. The van der Waals surface area contributed by atoms with E-state index in [1.165, 1.54) is 17.6 Å². The van der Waals surface area contributed by atoms with Crippen molar-refractivity contribution >= 4 is 28.8 Å². The second-order valence-electron chi connectivity index (χ2n) is 5.04. The van der Waals surface area contributed by atoms with Crippen molar-refractivity contribution in [1.82, 2.24) is 10.3 Å². The number of aryl methyl sites for hydroxylation is 1. The summed E-state index contributed by atoms with van der Waals surface area (Å²) in [7, 11) is 0. The number of thiazole rings is 1. The van der Waals surface area contributed by atoms with Gasteiger partial charge in [0.05, 0.1) is 24.1 Å². The highest BCUT2D eigenvalue weighted by atomic mass is 32.1. The first-order valence-electron chi connectivity index (χ1n) is 7.26. The van der Waals surface area contributed by atoms with E-state index in [1.54, 1.807) is 36.4 Å². The number of anilines is 1. The van der Waals surface area contributed by atoms with E-state index in [9.17, 15) is 9.59 Å². The number of carbonyl (C=O) groups is 2. The lowest BCUT2D eigenvalue weighted by Crippen LogP contribution is -2.24. The summed E-state index contributed by atoms with van der Waals surface area (Å²) in [4.78, 5) is 28.8. The average Bonchev–Trinajstić information content (AvgIpc) is 3.25. The molecule has 122 valence electrons. The number of furan rings is 1. The highest BCUT2D eigenvalue weighted by molar-refractivity contribution is 7.09. The normalized spacial score (nSPS) is 10.4. The van der Waals surface area contributed by atoms with Gasteiger partial charge in [-0.25, -0.2) is 4.98 Å². The van der Waals surface area contributed by atoms with Gasteiger partial charge in [-0.1, -0.05) is 12.1 Å². The van der Waals surface area contributed by atoms with Crippen LogP contribution in [-0.4, -0.2) is 16.8 Å². The molecule has 0 spiro atoms. The zero-order valence-corrected chi connectivity index (χ0v) is 13.7. The van der Waals surface area contributed by atoms with Crippen LogP contribution in [0, 0.1) is 6.92 Å². The quantitative estimate of drug-likeness (QED) is 0.746. The minimum Gasteiger partial charge on any atom is -0.459 e. The Hall–Kier alpha value is -2.93. The number of hydrogen-bond acceptors (Lipinski definition) is 5. The lowest BCUT2D eigenvalue weighted by molar-refractivity contribution is 0.0951. The predicted molar refractivity (Wildman–Crippen MR) is 91.1 cm³/mol. The number of nitrogens with zero attached hydrogens (tertiary/aromatic N) is 1. The number of para-hydroxylation sites is 1. The van der Waals surface area contributed by atoms with Gasteiger partial charge in [0.1, 0.15) is 5.01 Å². The fraction of sp³-hybridized carbons (Fsp3) is 0.118. The van der Waals surface area contributed by atoms with Crippen LogP contribution in [0.2, 0.25) is 0 Å². The summed E-state index contributed by atoms with van der Waals surface area (Å²) in [5.74, 6) is -0.502. The van der Waals surface area contributed by atoms with Gasteiger partial charge in [-0.05, 0) is 31.2 Å². The standard InChI is InChI=1S/C17H15N3O3S/c1-11-10-24-15(19-11)9-18-16(21)12-5-2-3-6-13(12)20-17(22)14-7-4-8-23-14/h2-8,10H,9H2,1H3,(H,18,21)(H,20,22). The van der Waals surface area contributed by atoms with Crippen LogP contribution in [0.5, 0.6) is 0 Å². The lowest BCUT2D eigenvalue weighted by atomic mass is 10.1. The number of rotatable bonds is 5. The SMILES string of the molecule is Cc1csc(CNC(=O)c2ccccc2NC(=O)c2ccco2)n1. The molecule has 3 rings (SSSR count). The molecule has 0 fully saturated rings. The van der Waals surface area contributed by atoms with Crippen LogP contribution in [0.3, 0.4) is 0 Å². The van der Waals surface area contributed by atoms with Gasteiger partial charge in [0.2, 0.25) is 0 Å². The molecule has 7 heteroatoms. The fourth-order valence-electron chi connectivity index (χ4n) is 2.12. The largest absolute Gasteiger partial charge is 0.459 e. The molecule has 3 aromatic rings. The Labute approximate surface area is 142 Å². The minimum absolute atomic E-state index is 0.184. The second-order valence-corrected chi connectivity index (χ2v) is 5.98. The smallest absolute Gasteiger partial charge is 0.291 e. The van der Waals surface area contributed by atoms with E-state index in [-0.39, 0.29) is 11.7 Å². The van der Waals surface area contributed by atoms with Gasteiger partial charge in [-0.15, -0.1) is 11.3 Å². The summed E-state index contributed by atoms with van der Waals surface area (Å²) in [5.41, 5.74) is 1.73. The molecule has 0 radical (unpaired) electrons. The van der Waals surface area contributed by atoms with Crippen LogP contribution < -0.4 is 10.6 Å². The zero-order chi connectivity index (χ0) is 16.9. The molecule has 0 aliphatic carbocycles. The summed E-state index contributed by atoms with van der Waals surface area (Å²) in [6, 6.07) is 10.00. The molecule has 0 saturated heterocycles. The van der Waals surface area contributed by atoms with E-state index in [4.69, 9.17) is 4.42 Å². The van der Waals surface area contributed by atoms with Gasteiger partial charge in [-0.3, -0.25) is 9.59 Å². The molecule has 0 aliphatic rings. The number of benzene rings is 1. The van der Waals surface area contributed by atoms with Gasteiger partial charge >= 0.3 is 0 Å². The number of nitrogens with one attached hydrogen (secondary N) is 2. The van der Waals surface area contributed by atoms with Crippen molar-refractivity contribution in [2.45, 2.75) is 13.5 Å². The van der Waals surface area contributed by atoms with Gasteiger partial charge in [0.15, 0.2) is 5.76 Å². The molecule has 6 nitrogen and oxygen atoms in total. The Balaban J connectivity index is 1.71. The summed E-state index contributed by atoms with van der Waals surface area (Å²) in [5, 5.41) is 8.26. The van der Waals surface area contributed by atoms with Crippen LogP contribution in [-0.2, 0) is 6.54 Å². The van der Waals surface area contributed by atoms with Crippen LogP contribution in [0.4, 0.5) is 5.69 Å². The van der Waals surface area contributed by atoms with Gasteiger partial charge in [-0.2, -0.15) is 0 Å². The maximum Gasteiger partial charge on any atom is 0.291 e. The first-order valence-corrected chi connectivity index (χ1v) is 8.14. The van der Waals surface area contributed by atoms with Crippen molar-refractivity contribution in [2.24, 2.45) is 0 Å². The fourth-order valence-corrected chi connectivity index (χ4v) is 2.83. The predicted octanol–water partition coefficient (Wildman–Crippen LogP) is 3.23. The van der Waals surface area contributed by atoms with Crippen molar-refractivity contribution in [2.75, 3.05) is 5.32 Å². The molecule has 2 amide bonds. The van der Waals surface area contributed by atoms with Crippen molar-refractivity contribution in [3.05, 3.63) is 70.1 Å². The molecule has 0 aliphatic heterocycles. The first-order chi connectivity index (χ1) is 11.6. The second kappa shape index (κ2) is 7.10. The number of carbonyl (C=O) groups excluding carboxylic acids is 2. The highest BCUT2D eigenvalue weighted by Gasteiger charge is 2.15. The Morgan fingerprint density at radius 3 is 2.71 bits per heavy atom. The molecule has 24 heavy (non-hydrogen) atoms. The van der Waals surface area contributed by atoms with Crippen molar-refractivity contribution in [3.8, 4) is 0 Å². The summed E-state index contributed by atoms with van der Waals surface area (Å²) >= 11 is 1.49. The molecule has 0 unspecified atom stereocenters. The monoisotopic (exact) mass is 341 g/mol.